The summed E-state index contributed by atoms with van der Waals surface area (Å²) in [6, 6.07) is 11.2. The molecule has 0 saturated carbocycles. The van der Waals surface area contributed by atoms with Crippen molar-refractivity contribution in [1.82, 2.24) is 9.97 Å². The molecule has 0 fully saturated rings. The molecule has 2 aliphatic rings. The molecule has 5 aromatic rings. The van der Waals surface area contributed by atoms with Gasteiger partial charge < -0.3 is 19.4 Å². The van der Waals surface area contributed by atoms with Crippen LogP contribution in [0.25, 0.3) is 21.8 Å². The van der Waals surface area contributed by atoms with Crippen molar-refractivity contribution >= 4 is 33.2 Å². The lowest BCUT2D eigenvalue weighted by Crippen LogP contribution is -2.22. The summed E-state index contributed by atoms with van der Waals surface area (Å²) in [5.41, 5.74) is 5.02. The predicted molar refractivity (Wildman–Crippen MR) is 158 cm³/mol. The van der Waals surface area contributed by atoms with E-state index in [0.717, 1.165) is 32.9 Å². The quantitative estimate of drug-likeness (QED) is 0.116. The van der Waals surface area contributed by atoms with E-state index in [1.54, 1.807) is 14.2 Å². The second-order valence-corrected chi connectivity index (χ2v) is 11.0. The molecule has 3 aromatic carbocycles. The first-order chi connectivity index (χ1) is 21.3. The number of aliphatic imine (C=N–C) groups is 2. The van der Waals surface area contributed by atoms with Crippen molar-refractivity contribution in [2.75, 3.05) is 27.3 Å². The summed E-state index contributed by atoms with van der Waals surface area (Å²) >= 11 is 0. The van der Waals surface area contributed by atoms with Gasteiger partial charge in [0, 0.05) is 58.5 Å². The summed E-state index contributed by atoms with van der Waals surface area (Å²) in [7, 11) is 3.13. The van der Waals surface area contributed by atoms with Crippen LogP contribution in [0.2, 0.25) is 0 Å². The lowest BCUT2D eigenvalue weighted by molar-refractivity contribution is 0.364. The first-order valence-corrected chi connectivity index (χ1v) is 14.2. The van der Waals surface area contributed by atoms with E-state index < -0.39 is 40.6 Å². The molecular formula is C33H27F5N4O2. The van der Waals surface area contributed by atoms with Gasteiger partial charge in [0.15, 0.2) is 23.3 Å². The highest BCUT2D eigenvalue weighted by Gasteiger charge is 2.34. The molecule has 0 atom stereocenters. The second-order valence-electron chi connectivity index (χ2n) is 11.0. The molecule has 0 spiro atoms. The summed E-state index contributed by atoms with van der Waals surface area (Å²) < 4.78 is 84.8. The minimum atomic E-state index is -2.19. The largest absolute Gasteiger partial charge is 0.497 e. The van der Waals surface area contributed by atoms with Crippen molar-refractivity contribution in [2.45, 2.75) is 31.6 Å². The maximum atomic E-state index is 15.4. The monoisotopic (exact) mass is 606 g/mol. The Balaban J connectivity index is 1.33. The normalized spacial score (nSPS) is 14.5. The van der Waals surface area contributed by atoms with Gasteiger partial charge in [-0.3, -0.25) is 9.98 Å². The third-order valence-corrected chi connectivity index (χ3v) is 8.66. The molecule has 0 amide bonds. The Hall–Kier alpha value is -4.67. The molecule has 44 heavy (non-hydrogen) atoms. The molecule has 6 nitrogen and oxygen atoms in total. The van der Waals surface area contributed by atoms with Gasteiger partial charge in [0.2, 0.25) is 5.82 Å². The summed E-state index contributed by atoms with van der Waals surface area (Å²) in [6.07, 6.45) is 1.09. The van der Waals surface area contributed by atoms with Crippen LogP contribution in [-0.4, -0.2) is 48.7 Å². The van der Waals surface area contributed by atoms with Crippen LogP contribution in [-0.2, 0) is 12.8 Å². The minimum Gasteiger partial charge on any atom is -0.497 e. The van der Waals surface area contributed by atoms with Crippen LogP contribution in [0.1, 0.15) is 46.8 Å². The SMILES string of the molecule is COc1ccc2c3c([nH]c2c1)C(CC(CC1=NCCc2c1[nH]c1cc(OC)ccc21)c1c(F)c(F)c(F)c(F)c1F)=NCC3. The van der Waals surface area contributed by atoms with E-state index in [4.69, 9.17) is 9.47 Å². The molecule has 2 N–H and O–H groups in total. The fourth-order valence-electron chi connectivity index (χ4n) is 6.56. The zero-order valence-corrected chi connectivity index (χ0v) is 23.9. The van der Waals surface area contributed by atoms with Crippen molar-refractivity contribution in [3.63, 3.8) is 0 Å². The van der Waals surface area contributed by atoms with Crippen LogP contribution in [0.3, 0.4) is 0 Å². The number of H-pyrrole nitrogens is 2. The van der Waals surface area contributed by atoms with Crippen LogP contribution < -0.4 is 9.47 Å². The van der Waals surface area contributed by atoms with Gasteiger partial charge in [-0.05, 0) is 61.1 Å². The van der Waals surface area contributed by atoms with E-state index >= 15 is 8.78 Å². The summed E-state index contributed by atoms with van der Waals surface area (Å²) in [5.74, 6) is -9.70. The molecule has 2 aromatic heterocycles. The number of fused-ring (bicyclic) bond motifs is 6. The number of nitrogens with one attached hydrogen (secondary N) is 2. The average Bonchev–Trinajstić information content (AvgIpc) is 3.61. The maximum absolute atomic E-state index is 15.4. The van der Waals surface area contributed by atoms with Gasteiger partial charge in [0.05, 0.1) is 37.0 Å². The van der Waals surface area contributed by atoms with E-state index in [1.807, 2.05) is 36.4 Å². The number of aromatic amines is 2. The van der Waals surface area contributed by atoms with Gasteiger partial charge in [0.1, 0.15) is 11.5 Å². The number of benzene rings is 3. The van der Waals surface area contributed by atoms with Gasteiger partial charge in [-0.15, -0.1) is 0 Å². The van der Waals surface area contributed by atoms with Crippen LogP contribution >= 0.6 is 0 Å². The van der Waals surface area contributed by atoms with Crippen LogP contribution in [0.4, 0.5) is 22.0 Å². The minimum absolute atomic E-state index is 0.0856. The standard InChI is InChI=1S/C33H27F5N4O2/c1-43-16-3-5-18-20-7-9-39-24(32(20)41-22(18)13-16)11-15(26-27(34)29(36)31(38)30(37)28(26)35)12-25-33-21(8-10-40-25)19-6-4-17(44-2)14-23(19)42-33/h3-6,13-15,41-42H,7-12H2,1-2H3. The van der Waals surface area contributed by atoms with Gasteiger partial charge in [-0.25, -0.2) is 22.0 Å². The first-order valence-electron chi connectivity index (χ1n) is 14.2. The van der Waals surface area contributed by atoms with Gasteiger partial charge in [-0.1, -0.05) is 0 Å². The lowest BCUT2D eigenvalue weighted by Gasteiger charge is -2.24. The number of rotatable bonds is 7. The molecule has 7 rings (SSSR count). The fraction of sp³-hybridized carbons (Fsp3) is 0.273. The van der Waals surface area contributed by atoms with Crippen molar-refractivity contribution < 1.29 is 31.4 Å². The summed E-state index contributed by atoms with van der Waals surface area (Å²) in [4.78, 5) is 16.0. The molecular weight excluding hydrogens is 579 g/mol. The van der Waals surface area contributed by atoms with Gasteiger partial charge >= 0.3 is 0 Å². The van der Waals surface area contributed by atoms with E-state index in [0.29, 0.717) is 60.2 Å². The number of ether oxygens (including phenoxy) is 2. The molecule has 0 bridgehead atoms. The Morgan fingerprint density at radius 3 is 1.52 bits per heavy atom. The number of hydrogen-bond acceptors (Lipinski definition) is 4. The van der Waals surface area contributed by atoms with Gasteiger partial charge in [-0.2, -0.15) is 0 Å². The maximum Gasteiger partial charge on any atom is 0.200 e. The number of methoxy groups -OCH3 is 2. The van der Waals surface area contributed by atoms with E-state index in [9.17, 15) is 13.2 Å². The highest BCUT2D eigenvalue weighted by molar-refractivity contribution is 6.09. The zero-order chi connectivity index (χ0) is 30.7. The Bertz CT molecular complexity index is 1890. The molecule has 0 aliphatic carbocycles. The molecule has 0 radical (unpaired) electrons. The molecule has 226 valence electrons. The van der Waals surface area contributed by atoms with Crippen LogP contribution in [0.15, 0.2) is 46.4 Å². The zero-order valence-electron chi connectivity index (χ0n) is 23.9. The Labute approximate surface area is 248 Å². The van der Waals surface area contributed by atoms with Crippen molar-refractivity contribution in [1.29, 1.82) is 0 Å². The molecule has 11 heteroatoms. The number of nitrogens with zero attached hydrogens (tertiary/aromatic N) is 2. The predicted octanol–water partition coefficient (Wildman–Crippen LogP) is 7.32. The summed E-state index contributed by atoms with van der Waals surface area (Å²) in [5, 5.41) is 1.91. The third-order valence-electron chi connectivity index (χ3n) is 8.66. The molecule has 4 heterocycles. The van der Waals surface area contributed by atoms with Crippen molar-refractivity contribution in [3.05, 3.63) is 93.6 Å². The molecule has 0 unspecified atom stereocenters. The molecule has 2 aliphatic heterocycles. The van der Waals surface area contributed by atoms with Crippen LogP contribution in [0, 0.1) is 29.1 Å². The van der Waals surface area contributed by atoms with E-state index in [-0.39, 0.29) is 12.8 Å². The average molecular weight is 607 g/mol. The Morgan fingerprint density at radius 2 is 1.09 bits per heavy atom. The molecule has 0 saturated heterocycles. The lowest BCUT2D eigenvalue weighted by atomic mass is 9.84. The van der Waals surface area contributed by atoms with Gasteiger partial charge in [0.25, 0.3) is 0 Å². The Kier molecular flexibility index (Phi) is 6.90. The smallest absolute Gasteiger partial charge is 0.200 e. The van der Waals surface area contributed by atoms with E-state index in [2.05, 4.69) is 20.0 Å². The highest BCUT2D eigenvalue weighted by atomic mass is 19.2. The topological polar surface area (TPSA) is 74.8 Å². The highest BCUT2D eigenvalue weighted by Crippen LogP contribution is 2.39. The van der Waals surface area contributed by atoms with Crippen LogP contribution in [0.5, 0.6) is 11.5 Å². The Morgan fingerprint density at radius 1 is 0.659 bits per heavy atom. The number of aromatic nitrogens is 2. The third kappa shape index (κ3) is 4.44. The van der Waals surface area contributed by atoms with Crippen molar-refractivity contribution in [2.24, 2.45) is 9.98 Å². The number of hydrogen-bond donors (Lipinski definition) is 2. The second kappa shape index (κ2) is 10.8. The van der Waals surface area contributed by atoms with E-state index in [1.165, 1.54) is 0 Å². The number of halogens is 5. The fourth-order valence-corrected chi connectivity index (χ4v) is 6.56. The van der Waals surface area contributed by atoms with Crippen molar-refractivity contribution in [3.8, 4) is 11.5 Å². The first kappa shape index (κ1) is 28.1. The summed E-state index contributed by atoms with van der Waals surface area (Å²) in [6.45, 7) is 0.834.